The van der Waals surface area contributed by atoms with Gasteiger partial charge in [-0.05, 0) is 43.0 Å². The molecule has 0 aliphatic carbocycles. The lowest BCUT2D eigenvalue weighted by molar-refractivity contribution is 0.0940. The van der Waals surface area contributed by atoms with Gasteiger partial charge in [0.05, 0.1) is 10.2 Å². The number of hydrogen-bond acceptors (Lipinski definition) is 2. The van der Waals surface area contributed by atoms with Crippen LogP contribution in [0.25, 0.3) is 10.2 Å². The summed E-state index contributed by atoms with van der Waals surface area (Å²) in [7, 11) is 0. The maximum atomic E-state index is 12.6. The van der Waals surface area contributed by atoms with Crippen molar-refractivity contribution in [2.45, 2.75) is 26.4 Å². The smallest absolute Gasteiger partial charge is 0.268 e. The van der Waals surface area contributed by atoms with E-state index in [0.717, 1.165) is 15.8 Å². The lowest BCUT2D eigenvalue weighted by atomic mass is 10.2. The SMILES string of the molecule is CC(C)n1c(C(=O)NCc2ccccc2Cl)cc2sccc21. The molecule has 3 rings (SSSR count). The van der Waals surface area contributed by atoms with Crippen molar-refractivity contribution in [1.29, 1.82) is 0 Å². The topological polar surface area (TPSA) is 34.0 Å². The Morgan fingerprint density at radius 2 is 2.09 bits per heavy atom. The van der Waals surface area contributed by atoms with Gasteiger partial charge in [0.25, 0.3) is 5.91 Å². The molecular weight excluding hydrogens is 316 g/mol. The minimum absolute atomic E-state index is 0.0722. The Balaban J connectivity index is 1.85. The van der Waals surface area contributed by atoms with Crippen molar-refractivity contribution in [3.8, 4) is 0 Å². The molecule has 114 valence electrons. The Bertz CT molecular complexity index is 819. The molecular formula is C17H17ClN2OS. The van der Waals surface area contributed by atoms with E-state index in [1.807, 2.05) is 30.3 Å². The number of benzene rings is 1. The fraction of sp³-hybridized carbons (Fsp3) is 0.235. The van der Waals surface area contributed by atoms with E-state index in [1.165, 1.54) is 0 Å². The zero-order chi connectivity index (χ0) is 15.7. The maximum absolute atomic E-state index is 12.6. The summed E-state index contributed by atoms with van der Waals surface area (Å²) in [4.78, 5) is 12.6. The summed E-state index contributed by atoms with van der Waals surface area (Å²) in [5, 5.41) is 5.68. The molecule has 0 atom stereocenters. The molecule has 22 heavy (non-hydrogen) atoms. The molecule has 0 aliphatic heterocycles. The van der Waals surface area contributed by atoms with Gasteiger partial charge in [0.2, 0.25) is 0 Å². The number of carbonyl (C=O) groups excluding carboxylic acids is 1. The van der Waals surface area contributed by atoms with Crippen LogP contribution in [0.3, 0.4) is 0 Å². The zero-order valence-corrected chi connectivity index (χ0v) is 14.0. The van der Waals surface area contributed by atoms with Crippen LogP contribution >= 0.6 is 22.9 Å². The molecule has 5 heteroatoms. The van der Waals surface area contributed by atoms with Gasteiger partial charge in [-0.2, -0.15) is 0 Å². The van der Waals surface area contributed by atoms with Crippen LogP contribution in [0.2, 0.25) is 5.02 Å². The van der Waals surface area contributed by atoms with Crippen LogP contribution in [0.15, 0.2) is 41.8 Å². The van der Waals surface area contributed by atoms with Crippen LogP contribution in [0.5, 0.6) is 0 Å². The molecule has 2 heterocycles. The average Bonchev–Trinajstić information content (AvgIpc) is 3.05. The maximum Gasteiger partial charge on any atom is 0.268 e. The summed E-state index contributed by atoms with van der Waals surface area (Å²) < 4.78 is 3.21. The van der Waals surface area contributed by atoms with Crippen LogP contribution < -0.4 is 5.32 Å². The highest BCUT2D eigenvalue weighted by atomic mass is 35.5. The van der Waals surface area contributed by atoms with Crippen LogP contribution in [0.1, 0.15) is 35.9 Å². The highest BCUT2D eigenvalue weighted by molar-refractivity contribution is 7.17. The van der Waals surface area contributed by atoms with Gasteiger partial charge >= 0.3 is 0 Å². The predicted molar refractivity (Wildman–Crippen MR) is 92.8 cm³/mol. The lowest BCUT2D eigenvalue weighted by Gasteiger charge is -2.14. The van der Waals surface area contributed by atoms with Crippen molar-refractivity contribution in [3.63, 3.8) is 0 Å². The molecule has 3 nitrogen and oxygen atoms in total. The molecule has 0 unspecified atom stereocenters. The fourth-order valence-electron chi connectivity index (χ4n) is 2.58. The number of thiophene rings is 1. The van der Waals surface area contributed by atoms with Gasteiger partial charge in [-0.3, -0.25) is 4.79 Å². The van der Waals surface area contributed by atoms with Gasteiger partial charge in [0.15, 0.2) is 0 Å². The molecule has 0 radical (unpaired) electrons. The van der Waals surface area contributed by atoms with Crippen molar-refractivity contribution >= 4 is 39.1 Å². The van der Waals surface area contributed by atoms with E-state index in [4.69, 9.17) is 11.6 Å². The Labute approximate surface area is 138 Å². The van der Waals surface area contributed by atoms with Gasteiger partial charge < -0.3 is 9.88 Å². The number of fused-ring (bicyclic) bond motifs is 1. The highest BCUT2D eigenvalue weighted by Gasteiger charge is 2.18. The molecule has 1 N–H and O–H groups in total. The summed E-state index contributed by atoms with van der Waals surface area (Å²) in [6.45, 7) is 4.60. The molecule has 2 aromatic heterocycles. The van der Waals surface area contributed by atoms with E-state index in [0.29, 0.717) is 17.3 Å². The minimum atomic E-state index is -0.0722. The molecule has 0 saturated heterocycles. The summed E-state index contributed by atoms with van der Waals surface area (Å²) >= 11 is 7.78. The standard InChI is InChI=1S/C17H17ClN2OS/c1-11(2)20-14-7-8-22-16(14)9-15(20)17(21)19-10-12-5-3-4-6-13(12)18/h3-9,11H,10H2,1-2H3,(H,19,21). The number of carbonyl (C=O) groups is 1. The van der Waals surface area contributed by atoms with E-state index in [9.17, 15) is 4.79 Å². The van der Waals surface area contributed by atoms with Crippen molar-refractivity contribution in [2.24, 2.45) is 0 Å². The van der Waals surface area contributed by atoms with Crippen molar-refractivity contribution in [3.05, 3.63) is 58.1 Å². The Hall–Kier alpha value is -1.78. The van der Waals surface area contributed by atoms with Gasteiger partial charge in [0.1, 0.15) is 5.69 Å². The molecule has 0 bridgehead atoms. The van der Waals surface area contributed by atoms with Gasteiger partial charge in [-0.15, -0.1) is 11.3 Å². The highest BCUT2D eigenvalue weighted by Crippen LogP contribution is 2.28. The molecule has 0 saturated carbocycles. The normalized spacial score (nSPS) is 11.3. The Morgan fingerprint density at radius 1 is 1.32 bits per heavy atom. The first-order valence-corrected chi connectivity index (χ1v) is 8.43. The molecule has 3 aromatic rings. The van der Waals surface area contributed by atoms with Crippen molar-refractivity contribution in [2.75, 3.05) is 0 Å². The molecule has 0 aliphatic rings. The first kappa shape index (κ1) is 15.1. The summed E-state index contributed by atoms with van der Waals surface area (Å²) in [5.41, 5.74) is 2.73. The van der Waals surface area contributed by atoms with Gasteiger partial charge in [-0.1, -0.05) is 29.8 Å². The van der Waals surface area contributed by atoms with E-state index < -0.39 is 0 Å². The average molecular weight is 333 g/mol. The summed E-state index contributed by atoms with van der Waals surface area (Å²) in [5.74, 6) is -0.0722. The van der Waals surface area contributed by atoms with E-state index in [-0.39, 0.29) is 11.9 Å². The van der Waals surface area contributed by atoms with Crippen LogP contribution in [-0.4, -0.2) is 10.5 Å². The van der Waals surface area contributed by atoms with Crippen LogP contribution in [0, 0.1) is 0 Å². The first-order valence-electron chi connectivity index (χ1n) is 7.18. The Kier molecular flexibility index (Phi) is 4.23. The number of halogens is 1. The second-order valence-corrected chi connectivity index (χ2v) is 6.79. The number of aromatic nitrogens is 1. The van der Waals surface area contributed by atoms with Crippen LogP contribution in [-0.2, 0) is 6.54 Å². The number of amides is 1. The van der Waals surface area contributed by atoms with Crippen molar-refractivity contribution in [1.82, 2.24) is 9.88 Å². The third-order valence-electron chi connectivity index (χ3n) is 3.61. The second kappa shape index (κ2) is 6.15. The third-order valence-corrected chi connectivity index (χ3v) is 4.83. The predicted octanol–water partition coefficient (Wildman–Crippen LogP) is 4.87. The van der Waals surface area contributed by atoms with E-state index >= 15 is 0 Å². The second-order valence-electron chi connectivity index (χ2n) is 5.44. The fourth-order valence-corrected chi connectivity index (χ4v) is 3.60. The molecule has 1 aromatic carbocycles. The largest absolute Gasteiger partial charge is 0.347 e. The monoisotopic (exact) mass is 332 g/mol. The van der Waals surface area contributed by atoms with E-state index in [1.54, 1.807) is 11.3 Å². The molecule has 0 spiro atoms. The summed E-state index contributed by atoms with van der Waals surface area (Å²) in [6.07, 6.45) is 0. The number of hydrogen-bond donors (Lipinski definition) is 1. The van der Waals surface area contributed by atoms with Crippen LogP contribution in [0.4, 0.5) is 0 Å². The number of rotatable bonds is 4. The molecule has 0 fully saturated rings. The van der Waals surface area contributed by atoms with Crippen molar-refractivity contribution < 1.29 is 4.79 Å². The quantitative estimate of drug-likeness (QED) is 0.726. The van der Waals surface area contributed by atoms with Gasteiger partial charge in [0, 0.05) is 17.6 Å². The Morgan fingerprint density at radius 3 is 2.82 bits per heavy atom. The first-order chi connectivity index (χ1) is 10.6. The summed E-state index contributed by atoms with van der Waals surface area (Å²) in [6, 6.07) is 11.8. The lowest BCUT2D eigenvalue weighted by Crippen LogP contribution is -2.26. The molecule has 1 amide bonds. The zero-order valence-electron chi connectivity index (χ0n) is 12.5. The third kappa shape index (κ3) is 2.76. The number of nitrogens with zero attached hydrogens (tertiary/aromatic N) is 1. The van der Waals surface area contributed by atoms with Gasteiger partial charge in [-0.25, -0.2) is 0 Å². The van der Waals surface area contributed by atoms with E-state index in [2.05, 4.69) is 35.2 Å². The minimum Gasteiger partial charge on any atom is -0.347 e. The number of nitrogens with one attached hydrogen (secondary N) is 1.